The number of benzene rings is 2. The number of nitrogens with zero attached hydrogens (tertiary/aromatic N) is 3. The fraction of sp³-hybridized carbons (Fsp3) is 0.250. The Balaban J connectivity index is 1.46. The molecule has 1 aliphatic heterocycles. The lowest BCUT2D eigenvalue weighted by Crippen LogP contribution is -2.29. The Bertz CT molecular complexity index is 1200. The van der Waals surface area contributed by atoms with Crippen molar-refractivity contribution in [1.82, 2.24) is 19.7 Å². The van der Waals surface area contributed by atoms with Crippen LogP contribution in [0.1, 0.15) is 24.6 Å². The first-order valence-corrected chi connectivity index (χ1v) is 10.4. The number of hydrogen-bond acceptors (Lipinski definition) is 5. The number of halogens is 1. The lowest BCUT2D eigenvalue weighted by Gasteiger charge is -2.21. The van der Waals surface area contributed by atoms with E-state index in [1.54, 1.807) is 24.4 Å². The molecule has 3 heterocycles. The SMILES string of the molecule is COc1cccc(Oc2ccc(-c3nc(C4CCCNC4)n4ccncc34)cc2)c1F. The van der Waals surface area contributed by atoms with Crippen molar-refractivity contribution in [2.24, 2.45) is 0 Å². The Morgan fingerprint density at radius 2 is 1.97 bits per heavy atom. The number of rotatable bonds is 5. The van der Waals surface area contributed by atoms with Crippen molar-refractivity contribution in [1.29, 1.82) is 0 Å². The predicted molar refractivity (Wildman–Crippen MR) is 116 cm³/mol. The second-order valence-electron chi connectivity index (χ2n) is 7.59. The largest absolute Gasteiger partial charge is 0.494 e. The number of methoxy groups -OCH3 is 1. The van der Waals surface area contributed by atoms with E-state index in [4.69, 9.17) is 14.5 Å². The fourth-order valence-corrected chi connectivity index (χ4v) is 4.07. The van der Waals surface area contributed by atoms with Crippen molar-refractivity contribution in [3.8, 4) is 28.5 Å². The van der Waals surface area contributed by atoms with Crippen LogP contribution < -0.4 is 14.8 Å². The Kier molecular flexibility index (Phi) is 5.26. The molecule has 6 nitrogen and oxygen atoms in total. The van der Waals surface area contributed by atoms with E-state index in [-0.39, 0.29) is 11.5 Å². The third-order valence-corrected chi connectivity index (χ3v) is 5.64. The second-order valence-corrected chi connectivity index (χ2v) is 7.59. The number of imidazole rings is 1. The minimum Gasteiger partial charge on any atom is -0.494 e. The molecule has 0 bridgehead atoms. The van der Waals surface area contributed by atoms with Gasteiger partial charge in [-0.05, 0) is 55.8 Å². The summed E-state index contributed by atoms with van der Waals surface area (Å²) in [6.07, 6.45) is 7.87. The van der Waals surface area contributed by atoms with Crippen LogP contribution in [0.4, 0.5) is 4.39 Å². The van der Waals surface area contributed by atoms with Gasteiger partial charge in [0.2, 0.25) is 5.82 Å². The van der Waals surface area contributed by atoms with Gasteiger partial charge in [0.25, 0.3) is 0 Å². The molecule has 0 saturated carbocycles. The molecule has 1 N–H and O–H groups in total. The molecule has 4 aromatic rings. The van der Waals surface area contributed by atoms with Gasteiger partial charge in [0.1, 0.15) is 11.6 Å². The van der Waals surface area contributed by atoms with Gasteiger partial charge in [-0.25, -0.2) is 4.98 Å². The summed E-state index contributed by atoms with van der Waals surface area (Å²) in [5, 5.41) is 3.47. The second kappa shape index (κ2) is 8.35. The minimum absolute atomic E-state index is 0.121. The fourth-order valence-electron chi connectivity index (χ4n) is 4.07. The molecule has 31 heavy (non-hydrogen) atoms. The molecule has 1 fully saturated rings. The molecular formula is C24H23FN4O2. The van der Waals surface area contributed by atoms with Gasteiger partial charge in [-0.3, -0.25) is 9.38 Å². The van der Waals surface area contributed by atoms with Crippen molar-refractivity contribution < 1.29 is 13.9 Å². The normalized spacial score (nSPS) is 16.4. The lowest BCUT2D eigenvalue weighted by molar-refractivity contribution is 0.368. The molecule has 1 aliphatic rings. The first-order valence-electron chi connectivity index (χ1n) is 10.4. The number of aromatic nitrogens is 3. The summed E-state index contributed by atoms with van der Waals surface area (Å²) in [7, 11) is 1.43. The number of fused-ring (bicyclic) bond motifs is 1. The Labute approximate surface area is 179 Å². The maximum absolute atomic E-state index is 14.4. The molecule has 158 valence electrons. The highest BCUT2D eigenvalue weighted by atomic mass is 19.1. The van der Waals surface area contributed by atoms with Crippen LogP contribution in [0, 0.1) is 5.82 Å². The van der Waals surface area contributed by atoms with E-state index >= 15 is 0 Å². The summed E-state index contributed by atoms with van der Waals surface area (Å²) in [5.41, 5.74) is 2.81. The van der Waals surface area contributed by atoms with Gasteiger partial charge in [0.05, 0.1) is 24.5 Å². The molecule has 1 unspecified atom stereocenters. The van der Waals surface area contributed by atoms with Gasteiger partial charge in [-0.15, -0.1) is 0 Å². The number of hydrogen-bond donors (Lipinski definition) is 1. The van der Waals surface area contributed by atoms with Crippen LogP contribution >= 0.6 is 0 Å². The van der Waals surface area contributed by atoms with Gasteiger partial charge in [0.15, 0.2) is 11.5 Å². The molecule has 0 amide bonds. The minimum atomic E-state index is -0.522. The van der Waals surface area contributed by atoms with E-state index in [1.165, 1.54) is 7.11 Å². The highest BCUT2D eigenvalue weighted by molar-refractivity contribution is 5.77. The monoisotopic (exact) mass is 418 g/mol. The van der Waals surface area contributed by atoms with Crippen LogP contribution in [0.5, 0.6) is 17.2 Å². The summed E-state index contributed by atoms with van der Waals surface area (Å²) in [4.78, 5) is 9.30. The van der Waals surface area contributed by atoms with E-state index in [0.717, 1.165) is 48.5 Å². The van der Waals surface area contributed by atoms with Crippen LogP contribution in [0.25, 0.3) is 16.8 Å². The van der Waals surface area contributed by atoms with Crippen molar-refractivity contribution in [2.75, 3.05) is 20.2 Å². The average Bonchev–Trinajstić information content (AvgIpc) is 3.21. The first-order chi connectivity index (χ1) is 15.2. The van der Waals surface area contributed by atoms with Crippen LogP contribution in [-0.4, -0.2) is 34.6 Å². The van der Waals surface area contributed by atoms with Gasteiger partial charge in [-0.1, -0.05) is 6.07 Å². The third-order valence-electron chi connectivity index (χ3n) is 5.64. The van der Waals surface area contributed by atoms with Gasteiger partial charge >= 0.3 is 0 Å². The summed E-state index contributed by atoms with van der Waals surface area (Å²) in [6.45, 7) is 1.99. The maximum atomic E-state index is 14.4. The van der Waals surface area contributed by atoms with Crippen LogP contribution in [0.2, 0.25) is 0 Å². The first kappa shape index (κ1) is 19.5. The van der Waals surface area contributed by atoms with Gasteiger partial charge in [-0.2, -0.15) is 4.39 Å². The van der Waals surface area contributed by atoms with Crippen molar-refractivity contribution in [3.63, 3.8) is 0 Å². The summed E-state index contributed by atoms with van der Waals surface area (Å²) in [5.74, 6) is 1.71. The van der Waals surface area contributed by atoms with E-state index in [1.807, 2.05) is 36.7 Å². The zero-order chi connectivity index (χ0) is 21.2. The van der Waals surface area contributed by atoms with Crippen LogP contribution in [0.3, 0.4) is 0 Å². The number of ether oxygens (including phenoxy) is 2. The standard InChI is InChI=1S/C24H23FN4O2/c1-30-20-5-2-6-21(22(20)25)31-18-9-7-16(8-10-18)23-19-15-27-12-13-29(19)24(28-23)17-4-3-11-26-14-17/h2,5-10,12-13,15,17,26H,3-4,11,14H2,1H3. The molecule has 5 rings (SSSR count). The molecular weight excluding hydrogens is 395 g/mol. The van der Waals surface area contributed by atoms with Crippen molar-refractivity contribution in [3.05, 3.63) is 72.7 Å². The van der Waals surface area contributed by atoms with Crippen LogP contribution in [0.15, 0.2) is 61.1 Å². The highest BCUT2D eigenvalue weighted by Gasteiger charge is 2.22. The predicted octanol–water partition coefficient (Wildman–Crippen LogP) is 4.80. The summed E-state index contributed by atoms with van der Waals surface area (Å²) >= 11 is 0. The lowest BCUT2D eigenvalue weighted by atomic mass is 9.99. The number of piperidine rings is 1. The molecule has 7 heteroatoms. The quantitative estimate of drug-likeness (QED) is 0.504. The molecule has 2 aromatic carbocycles. The number of nitrogens with one attached hydrogen (secondary N) is 1. The smallest absolute Gasteiger partial charge is 0.207 e. The van der Waals surface area contributed by atoms with Gasteiger partial charge < -0.3 is 14.8 Å². The molecule has 1 saturated heterocycles. The average molecular weight is 418 g/mol. The van der Waals surface area contributed by atoms with E-state index in [2.05, 4.69) is 14.7 Å². The zero-order valence-corrected chi connectivity index (χ0v) is 17.2. The molecule has 2 aromatic heterocycles. The summed E-state index contributed by atoms with van der Waals surface area (Å²) < 4.78 is 27.3. The molecule has 0 aliphatic carbocycles. The highest BCUT2D eigenvalue weighted by Crippen LogP contribution is 2.33. The third kappa shape index (κ3) is 3.72. The molecule has 0 spiro atoms. The van der Waals surface area contributed by atoms with E-state index in [0.29, 0.717) is 11.7 Å². The molecule has 0 radical (unpaired) electrons. The van der Waals surface area contributed by atoms with E-state index in [9.17, 15) is 4.39 Å². The van der Waals surface area contributed by atoms with Crippen LogP contribution in [-0.2, 0) is 0 Å². The Morgan fingerprint density at radius 3 is 2.74 bits per heavy atom. The van der Waals surface area contributed by atoms with Crippen molar-refractivity contribution in [2.45, 2.75) is 18.8 Å². The Morgan fingerprint density at radius 1 is 1.13 bits per heavy atom. The maximum Gasteiger partial charge on any atom is 0.207 e. The topological polar surface area (TPSA) is 60.7 Å². The zero-order valence-electron chi connectivity index (χ0n) is 17.2. The van der Waals surface area contributed by atoms with Gasteiger partial charge in [0, 0.05) is 30.4 Å². The molecule has 1 atom stereocenters. The van der Waals surface area contributed by atoms with E-state index < -0.39 is 5.82 Å². The Hall–Kier alpha value is -3.45. The van der Waals surface area contributed by atoms with Crippen molar-refractivity contribution >= 4 is 5.52 Å². The summed E-state index contributed by atoms with van der Waals surface area (Å²) in [6, 6.07) is 12.3.